The van der Waals surface area contributed by atoms with Crippen molar-refractivity contribution in [1.82, 2.24) is 0 Å². The van der Waals surface area contributed by atoms with Crippen molar-refractivity contribution in [3.05, 3.63) is 41.0 Å². The van der Waals surface area contributed by atoms with Crippen molar-refractivity contribution in [2.45, 2.75) is 6.92 Å². The van der Waals surface area contributed by atoms with Gasteiger partial charge in [-0.3, -0.25) is 4.99 Å². The molecule has 0 aliphatic carbocycles. The van der Waals surface area contributed by atoms with Crippen LogP contribution in [0.15, 0.2) is 29.3 Å². The smallest absolute Gasteiger partial charge is 0.335 e. The summed E-state index contributed by atoms with van der Waals surface area (Å²) in [6, 6.07) is 5.44. The molecule has 2 rings (SSSR count). The van der Waals surface area contributed by atoms with Crippen molar-refractivity contribution >= 4 is 17.8 Å². The van der Waals surface area contributed by atoms with Gasteiger partial charge in [0.2, 0.25) is 0 Å². The number of aryl methyl sites for hydroxylation is 1. The van der Waals surface area contributed by atoms with Crippen LogP contribution < -0.4 is 0 Å². The van der Waals surface area contributed by atoms with Crippen LogP contribution in [0.2, 0.25) is 0 Å². The van der Waals surface area contributed by atoms with Crippen LogP contribution in [0.25, 0.3) is 5.57 Å². The molecule has 0 amide bonds. The van der Waals surface area contributed by atoms with E-state index in [1.807, 2.05) is 18.2 Å². The normalized spacial score (nSPS) is 14.1. The van der Waals surface area contributed by atoms with E-state index in [-0.39, 0.29) is 0 Å². The van der Waals surface area contributed by atoms with Gasteiger partial charge in [0, 0.05) is 6.21 Å². The first kappa shape index (κ1) is 9.65. The van der Waals surface area contributed by atoms with Gasteiger partial charge in [-0.15, -0.1) is 0 Å². The zero-order valence-electron chi connectivity index (χ0n) is 8.40. The van der Waals surface area contributed by atoms with E-state index in [0.29, 0.717) is 12.1 Å². The van der Waals surface area contributed by atoms with Crippen LogP contribution in [-0.4, -0.2) is 23.8 Å². The molecule has 0 saturated heterocycles. The maximum absolute atomic E-state index is 10.9. The van der Waals surface area contributed by atoms with Crippen molar-refractivity contribution in [2.75, 3.05) is 6.54 Å². The Labute approximate surface area is 87.8 Å². The Balaban J connectivity index is 2.47. The Morgan fingerprint density at radius 1 is 1.47 bits per heavy atom. The summed E-state index contributed by atoms with van der Waals surface area (Å²) in [7, 11) is 0. The number of carboxylic acid groups (broad SMARTS) is 1. The average Bonchev–Trinajstić information content (AvgIpc) is 2.71. The summed E-state index contributed by atoms with van der Waals surface area (Å²) in [6.07, 6.45) is 3.76. The van der Waals surface area contributed by atoms with Gasteiger partial charge in [-0.2, -0.15) is 0 Å². The van der Waals surface area contributed by atoms with Crippen molar-refractivity contribution in [2.24, 2.45) is 4.99 Å². The molecule has 0 radical (unpaired) electrons. The van der Waals surface area contributed by atoms with Gasteiger partial charge in [0.05, 0.1) is 12.1 Å². The van der Waals surface area contributed by atoms with E-state index in [1.54, 1.807) is 19.2 Å². The second kappa shape index (κ2) is 3.69. The minimum atomic E-state index is -0.884. The first-order valence-electron chi connectivity index (χ1n) is 4.73. The summed E-state index contributed by atoms with van der Waals surface area (Å²) >= 11 is 0. The molecule has 0 unspecified atom stereocenters. The highest BCUT2D eigenvalue weighted by atomic mass is 16.4. The molecule has 1 aromatic rings. The number of aromatic carboxylic acids is 1. The van der Waals surface area contributed by atoms with E-state index < -0.39 is 5.97 Å². The summed E-state index contributed by atoms with van der Waals surface area (Å²) in [4.78, 5) is 15.0. The number of carbonyl (C=O) groups is 1. The third-order valence-electron chi connectivity index (χ3n) is 2.45. The number of benzene rings is 1. The summed E-state index contributed by atoms with van der Waals surface area (Å²) in [5.41, 5.74) is 3.05. The van der Waals surface area contributed by atoms with Crippen LogP contribution in [0.3, 0.4) is 0 Å². The molecular weight excluding hydrogens is 190 g/mol. The van der Waals surface area contributed by atoms with E-state index in [2.05, 4.69) is 4.99 Å². The van der Waals surface area contributed by atoms with E-state index >= 15 is 0 Å². The molecule has 15 heavy (non-hydrogen) atoms. The van der Waals surface area contributed by atoms with Crippen LogP contribution in [0, 0.1) is 6.92 Å². The first-order valence-corrected chi connectivity index (χ1v) is 4.73. The van der Waals surface area contributed by atoms with Crippen molar-refractivity contribution in [1.29, 1.82) is 0 Å². The monoisotopic (exact) mass is 201 g/mol. The van der Waals surface area contributed by atoms with Crippen LogP contribution in [0.1, 0.15) is 21.5 Å². The zero-order valence-corrected chi connectivity index (χ0v) is 8.40. The molecule has 0 aromatic heterocycles. The fourth-order valence-corrected chi connectivity index (χ4v) is 1.58. The highest BCUT2D eigenvalue weighted by molar-refractivity contribution is 6.12. The predicted molar refractivity (Wildman–Crippen MR) is 59.5 cm³/mol. The number of carboxylic acids is 1. The predicted octanol–water partition coefficient (Wildman–Crippen LogP) is 2.16. The van der Waals surface area contributed by atoms with Gasteiger partial charge >= 0.3 is 5.97 Å². The van der Waals surface area contributed by atoms with E-state index in [0.717, 1.165) is 16.7 Å². The number of aliphatic imine (C=N–C) groups is 1. The molecule has 76 valence electrons. The van der Waals surface area contributed by atoms with Gasteiger partial charge in [0.25, 0.3) is 0 Å². The number of hydrogen-bond acceptors (Lipinski definition) is 2. The molecule has 3 heteroatoms. The van der Waals surface area contributed by atoms with Crippen LogP contribution in [-0.2, 0) is 0 Å². The Hall–Kier alpha value is -1.90. The van der Waals surface area contributed by atoms with Crippen molar-refractivity contribution < 1.29 is 9.90 Å². The minimum absolute atomic E-state index is 0.355. The molecule has 0 spiro atoms. The summed E-state index contributed by atoms with van der Waals surface area (Å²) < 4.78 is 0. The third kappa shape index (κ3) is 1.81. The number of rotatable bonds is 2. The molecule has 1 heterocycles. The lowest BCUT2D eigenvalue weighted by Gasteiger charge is -2.04. The van der Waals surface area contributed by atoms with Gasteiger partial charge in [-0.1, -0.05) is 18.2 Å². The maximum atomic E-state index is 10.9. The van der Waals surface area contributed by atoms with E-state index in [1.165, 1.54) is 0 Å². The Morgan fingerprint density at radius 2 is 2.27 bits per heavy atom. The molecule has 0 bridgehead atoms. The van der Waals surface area contributed by atoms with Gasteiger partial charge in [-0.25, -0.2) is 4.79 Å². The summed E-state index contributed by atoms with van der Waals surface area (Å²) in [6.45, 7) is 2.48. The third-order valence-corrected chi connectivity index (χ3v) is 2.45. The molecule has 1 aliphatic heterocycles. The number of allylic oxidation sites excluding steroid dienone is 1. The molecular formula is C12H11NO2. The maximum Gasteiger partial charge on any atom is 0.335 e. The Morgan fingerprint density at radius 3 is 2.87 bits per heavy atom. The van der Waals surface area contributed by atoms with Gasteiger partial charge in [0.15, 0.2) is 0 Å². The highest BCUT2D eigenvalue weighted by Gasteiger charge is 2.10. The molecule has 3 nitrogen and oxygen atoms in total. The quantitative estimate of drug-likeness (QED) is 0.797. The summed E-state index contributed by atoms with van der Waals surface area (Å²) in [5.74, 6) is -0.884. The van der Waals surface area contributed by atoms with E-state index in [9.17, 15) is 4.79 Å². The summed E-state index contributed by atoms with van der Waals surface area (Å²) in [5, 5.41) is 8.98. The second-order valence-electron chi connectivity index (χ2n) is 3.49. The zero-order chi connectivity index (χ0) is 10.8. The molecule has 1 aliphatic rings. The SMILES string of the molecule is Cc1ccc(C2=CCN=C2)cc1C(=O)O. The Kier molecular flexibility index (Phi) is 2.37. The van der Waals surface area contributed by atoms with Crippen molar-refractivity contribution in [3.63, 3.8) is 0 Å². The molecule has 0 fully saturated rings. The number of hydrogen-bond donors (Lipinski definition) is 1. The second-order valence-corrected chi connectivity index (χ2v) is 3.49. The first-order chi connectivity index (χ1) is 7.18. The Bertz CT molecular complexity index is 473. The largest absolute Gasteiger partial charge is 0.478 e. The molecule has 1 aromatic carbocycles. The van der Waals surface area contributed by atoms with Gasteiger partial charge < -0.3 is 5.11 Å². The molecule has 0 atom stereocenters. The van der Waals surface area contributed by atoms with Gasteiger partial charge in [-0.05, 0) is 29.7 Å². The van der Waals surface area contributed by atoms with Crippen LogP contribution >= 0.6 is 0 Å². The van der Waals surface area contributed by atoms with Crippen molar-refractivity contribution in [3.8, 4) is 0 Å². The molecule has 0 saturated carbocycles. The highest BCUT2D eigenvalue weighted by Crippen LogP contribution is 2.19. The lowest BCUT2D eigenvalue weighted by molar-refractivity contribution is 0.0696. The lowest BCUT2D eigenvalue weighted by atomic mass is 10.0. The molecule has 1 N–H and O–H groups in total. The minimum Gasteiger partial charge on any atom is -0.478 e. The topological polar surface area (TPSA) is 49.7 Å². The average molecular weight is 201 g/mol. The van der Waals surface area contributed by atoms with Crippen LogP contribution in [0.5, 0.6) is 0 Å². The fourth-order valence-electron chi connectivity index (χ4n) is 1.58. The van der Waals surface area contributed by atoms with Crippen LogP contribution in [0.4, 0.5) is 0 Å². The van der Waals surface area contributed by atoms with E-state index in [4.69, 9.17) is 5.11 Å². The fraction of sp³-hybridized carbons (Fsp3) is 0.167. The standard InChI is InChI=1S/C12H11NO2/c1-8-2-3-9(6-11(8)12(14)15)10-4-5-13-7-10/h2-4,6-7H,5H2,1H3,(H,14,15). The number of nitrogens with zero attached hydrogens (tertiary/aromatic N) is 1. The van der Waals surface area contributed by atoms with Gasteiger partial charge in [0.1, 0.15) is 0 Å². The lowest BCUT2D eigenvalue weighted by Crippen LogP contribution is -2.00.